The Morgan fingerprint density at radius 1 is 0.711 bits per heavy atom. The highest BCUT2D eigenvalue weighted by Crippen LogP contribution is 2.41. The average Bonchev–Trinajstić information content (AvgIpc) is 3.64. The molecule has 4 heteroatoms. The first-order chi connectivity index (χ1) is 21.8. The van der Waals surface area contributed by atoms with E-state index in [0.717, 1.165) is 24.1 Å². The van der Waals surface area contributed by atoms with Gasteiger partial charge in [0.25, 0.3) is 0 Å². The van der Waals surface area contributed by atoms with E-state index in [9.17, 15) is 0 Å². The Morgan fingerprint density at radius 2 is 1.53 bits per heavy atom. The van der Waals surface area contributed by atoms with Crippen molar-refractivity contribution in [3.63, 3.8) is 0 Å². The lowest BCUT2D eigenvalue weighted by molar-refractivity contribution is 0.590. The lowest BCUT2D eigenvalue weighted by Gasteiger charge is -2.33. The molecule has 0 unspecified atom stereocenters. The van der Waals surface area contributed by atoms with Crippen molar-refractivity contribution in [2.24, 2.45) is 0 Å². The lowest BCUT2D eigenvalue weighted by atomic mass is 9.34. The van der Waals surface area contributed by atoms with E-state index in [1.54, 1.807) is 0 Å². The van der Waals surface area contributed by atoms with E-state index in [-0.39, 0.29) is 12.1 Å². The summed E-state index contributed by atoms with van der Waals surface area (Å²) in [5.74, 6) is 0.995. The van der Waals surface area contributed by atoms with Crippen LogP contribution in [-0.4, -0.2) is 20.7 Å². The molecule has 216 valence electrons. The van der Waals surface area contributed by atoms with Crippen LogP contribution in [0.25, 0.3) is 55.1 Å². The van der Waals surface area contributed by atoms with Gasteiger partial charge < -0.3 is 0 Å². The summed E-state index contributed by atoms with van der Waals surface area (Å²) in [5.41, 5.74) is 17.2. The molecule has 10 rings (SSSR count). The number of fused-ring (bicyclic) bond motifs is 8. The number of benzene rings is 6. The fourth-order valence-corrected chi connectivity index (χ4v) is 8.62. The molecule has 1 aliphatic carbocycles. The SMILES string of the molecule is Cc1ccc2nc3n4c5c(cc6c7c(ccc(c75)n3c2c1C)CC6)B(c1cccc2ccccc12)c1cc(C(C)(C)C)ccc1-4. The Labute approximate surface area is 263 Å². The topological polar surface area (TPSA) is 22.2 Å². The van der Waals surface area contributed by atoms with Crippen molar-refractivity contribution >= 4 is 72.5 Å². The Hall–Kier alpha value is -4.83. The fourth-order valence-electron chi connectivity index (χ4n) is 8.62. The maximum atomic E-state index is 5.44. The molecule has 0 bridgehead atoms. The van der Waals surface area contributed by atoms with E-state index in [1.807, 2.05) is 0 Å². The highest BCUT2D eigenvalue weighted by atomic mass is 15.2. The molecule has 0 spiro atoms. The van der Waals surface area contributed by atoms with Crippen LogP contribution < -0.4 is 16.4 Å². The van der Waals surface area contributed by atoms with Gasteiger partial charge in [0.2, 0.25) is 12.5 Å². The van der Waals surface area contributed by atoms with Crippen molar-refractivity contribution < 1.29 is 0 Å². The molecule has 8 aromatic rings. The molecule has 0 atom stereocenters. The normalized spacial score (nSPS) is 14.1. The summed E-state index contributed by atoms with van der Waals surface area (Å²) in [5, 5.41) is 5.47. The monoisotopic (exact) mass is 579 g/mol. The first kappa shape index (κ1) is 25.5. The van der Waals surface area contributed by atoms with Gasteiger partial charge in [0.1, 0.15) is 0 Å². The van der Waals surface area contributed by atoms with Gasteiger partial charge in [-0.05, 0) is 105 Å². The minimum Gasteiger partial charge on any atom is -0.281 e. The highest BCUT2D eigenvalue weighted by molar-refractivity contribution is 6.99. The summed E-state index contributed by atoms with van der Waals surface area (Å²) in [4.78, 5) is 5.44. The summed E-state index contributed by atoms with van der Waals surface area (Å²) in [6.07, 6.45) is 2.19. The maximum absolute atomic E-state index is 5.44. The van der Waals surface area contributed by atoms with Gasteiger partial charge in [0, 0.05) is 11.1 Å². The van der Waals surface area contributed by atoms with Gasteiger partial charge in [0.05, 0.1) is 22.1 Å². The molecule has 0 N–H and O–H groups in total. The quantitative estimate of drug-likeness (QED) is 0.184. The van der Waals surface area contributed by atoms with Gasteiger partial charge in [0.15, 0.2) is 0 Å². The third-order valence-corrected chi connectivity index (χ3v) is 11.0. The molecule has 0 radical (unpaired) electrons. The van der Waals surface area contributed by atoms with E-state index in [0.29, 0.717) is 0 Å². The van der Waals surface area contributed by atoms with Crippen molar-refractivity contribution in [2.75, 3.05) is 0 Å². The Kier molecular flexibility index (Phi) is 4.79. The molecule has 0 fully saturated rings. The molecule has 2 aliphatic rings. The van der Waals surface area contributed by atoms with Crippen molar-refractivity contribution in [1.82, 2.24) is 14.0 Å². The molecule has 3 heterocycles. The summed E-state index contributed by atoms with van der Waals surface area (Å²) in [7, 11) is 0. The number of hydrogen-bond donors (Lipinski definition) is 0. The first-order valence-electron chi connectivity index (χ1n) is 16.3. The van der Waals surface area contributed by atoms with Crippen LogP contribution in [0.2, 0.25) is 0 Å². The van der Waals surface area contributed by atoms with Crippen molar-refractivity contribution in [3.8, 4) is 5.69 Å². The first-order valence-corrected chi connectivity index (χ1v) is 16.3. The van der Waals surface area contributed by atoms with Crippen LogP contribution in [0.4, 0.5) is 0 Å². The van der Waals surface area contributed by atoms with Crippen molar-refractivity contribution in [1.29, 1.82) is 0 Å². The third-order valence-electron chi connectivity index (χ3n) is 11.0. The molecular formula is C41H34BN3. The van der Waals surface area contributed by atoms with Crippen LogP contribution in [0.1, 0.15) is 48.6 Å². The second-order valence-electron chi connectivity index (χ2n) is 14.5. The van der Waals surface area contributed by atoms with Gasteiger partial charge in [-0.1, -0.05) is 99.0 Å². The standard InChI is InChI=1S/C41H34BN3/c1-23-13-18-33-38(24(23)2)45-35-19-16-26-14-15-27-21-32-39(37(35)36(26)27)44(40(45)43-33)34-20-17-28(41(3,4)5)22-31(34)42(32)30-12-8-10-25-9-6-7-11-29(25)30/h6-13,16-22H,14-15H2,1-5H3. The maximum Gasteiger partial charge on any atom is 0.247 e. The van der Waals surface area contributed by atoms with Crippen LogP contribution in [-0.2, 0) is 18.3 Å². The molecular weight excluding hydrogens is 545 g/mol. The molecule has 0 saturated heterocycles. The number of nitrogens with zero attached hydrogens (tertiary/aromatic N) is 3. The molecule has 1 aliphatic heterocycles. The third kappa shape index (κ3) is 3.19. The summed E-state index contributed by atoms with van der Waals surface area (Å²) < 4.78 is 4.98. The zero-order valence-corrected chi connectivity index (χ0v) is 26.5. The lowest BCUT2D eigenvalue weighted by Crippen LogP contribution is -2.57. The van der Waals surface area contributed by atoms with E-state index in [2.05, 4.69) is 135 Å². The van der Waals surface area contributed by atoms with E-state index >= 15 is 0 Å². The molecule has 2 aromatic heterocycles. The Balaban J connectivity index is 1.48. The van der Waals surface area contributed by atoms with E-state index in [4.69, 9.17) is 4.98 Å². The number of aromatic nitrogens is 3. The number of hydrogen-bond acceptors (Lipinski definition) is 1. The Bertz CT molecular complexity index is 2600. The number of rotatable bonds is 1. The molecule has 45 heavy (non-hydrogen) atoms. The highest BCUT2D eigenvalue weighted by Gasteiger charge is 2.37. The van der Waals surface area contributed by atoms with Gasteiger partial charge in [-0.25, -0.2) is 4.98 Å². The fraction of sp³-hybridized carbons (Fsp3) is 0.195. The molecule has 6 aromatic carbocycles. The number of imidazole rings is 1. The molecule has 3 nitrogen and oxygen atoms in total. The zero-order chi connectivity index (χ0) is 30.4. The smallest absolute Gasteiger partial charge is 0.247 e. The van der Waals surface area contributed by atoms with Crippen LogP contribution in [0, 0.1) is 13.8 Å². The van der Waals surface area contributed by atoms with Crippen LogP contribution in [0.3, 0.4) is 0 Å². The largest absolute Gasteiger partial charge is 0.281 e. The minimum absolute atomic E-state index is 0.0296. The van der Waals surface area contributed by atoms with Crippen LogP contribution >= 0.6 is 0 Å². The van der Waals surface area contributed by atoms with Gasteiger partial charge in [-0.3, -0.25) is 8.97 Å². The summed E-state index contributed by atoms with van der Waals surface area (Å²) >= 11 is 0. The second-order valence-corrected chi connectivity index (χ2v) is 14.5. The number of aryl methyl sites for hydroxylation is 4. The summed E-state index contributed by atoms with van der Waals surface area (Å²) in [6.45, 7) is 11.6. The summed E-state index contributed by atoms with van der Waals surface area (Å²) in [6, 6.07) is 34.8. The molecule has 0 saturated carbocycles. The van der Waals surface area contributed by atoms with Crippen LogP contribution in [0.15, 0.2) is 91.0 Å². The van der Waals surface area contributed by atoms with Gasteiger partial charge >= 0.3 is 0 Å². The van der Waals surface area contributed by atoms with E-state index in [1.165, 1.54) is 88.0 Å². The minimum atomic E-state index is 0.0296. The average molecular weight is 580 g/mol. The zero-order valence-electron chi connectivity index (χ0n) is 26.5. The Morgan fingerprint density at radius 3 is 2.40 bits per heavy atom. The second kappa shape index (κ2) is 8.45. The van der Waals surface area contributed by atoms with Gasteiger partial charge in [-0.2, -0.15) is 0 Å². The van der Waals surface area contributed by atoms with E-state index < -0.39 is 0 Å². The predicted molar refractivity (Wildman–Crippen MR) is 191 cm³/mol. The van der Waals surface area contributed by atoms with Crippen LogP contribution in [0.5, 0.6) is 0 Å². The predicted octanol–water partition coefficient (Wildman–Crippen LogP) is 7.58. The van der Waals surface area contributed by atoms with Crippen molar-refractivity contribution in [3.05, 3.63) is 119 Å². The molecule has 0 amide bonds. The van der Waals surface area contributed by atoms with Crippen molar-refractivity contribution in [2.45, 2.75) is 52.9 Å². The van der Waals surface area contributed by atoms with Gasteiger partial charge in [-0.15, -0.1) is 0 Å².